The van der Waals surface area contributed by atoms with E-state index in [1.807, 2.05) is 0 Å². The maximum Gasteiger partial charge on any atom is 0.433 e. The maximum absolute atomic E-state index is 12.8. The molecule has 0 bridgehead atoms. The summed E-state index contributed by atoms with van der Waals surface area (Å²) in [5, 5.41) is 0. The lowest BCUT2D eigenvalue weighted by molar-refractivity contribution is -0.187. The van der Waals surface area contributed by atoms with Gasteiger partial charge in [0.05, 0.1) is 5.41 Å². The van der Waals surface area contributed by atoms with Crippen molar-refractivity contribution < 1.29 is 26.3 Å². The summed E-state index contributed by atoms with van der Waals surface area (Å²) >= 11 is 0. The fourth-order valence-electron chi connectivity index (χ4n) is 2.14. The summed E-state index contributed by atoms with van der Waals surface area (Å²) in [6.07, 6.45) is -7.89. The molecule has 1 saturated carbocycles. The molecule has 0 N–H and O–H groups in total. The Kier molecular flexibility index (Phi) is 3.50. The molecule has 0 unspecified atom stereocenters. The minimum Gasteiger partial charge on any atom is -0.251 e. The molecule has 1 aromatic heterocycles. The Hall–Kier alpha value is -1.27. The van der Waals surface area contributed by atoms with Gasteiger partial charge in [0.15, 0.2) is 0 Å². The van der Waals surface area contributed by atoms with Crippen LogP contribution in [0.1, 0.15) is 37.4 Å². The molecule has 2 rings (SSSR count). The Balaban J connectivity index is 2.09. The first-order chi connectivity index (χ1) is 9.05. The van der Waals surface area contributed by atoms with Crippen LogP contribution in [0.15, 0.2) is 18.3 Å². The van der Waals surface area contributed by atoms with Gasteiger partial charge in [-0.25, -0.2) is 0 Å². The highest BCUT2D eigenvalue weighted by molar-refractivity contribution is 5.30. The lowest BCUT2D eigenvalue weighted by atomic mass is 9.88. The highest BCUT2D eigenvalue weighted by Crippen LogP contribution is 2.61. The van der Waals surface area contributed by atoms with Gasteiger partial charge in [-0.15, -0.1) is 0 Å². The van der Waals surface area contributed by atoms with E-state index in [0.29, 0.717) is 11.5 Å². The number of rotatable bonds is 3. The number of alkyl halides is 6. The minimum absolute atomic E-state index is 0.0713. The Bertz CT molecular complexity index is 469. The van der Waals surface area contributed by atoms with E-state index >= 15 is 0 Å². The van der Waals surface area contributed by atoms with Crippen molar-refractivity contribution in [3.63, 3.8) is 0 Å². The van der Waals surface area contributed by atoms with Gasteiger partial charge in [-0.05, 0) is 30.9 Å². The highest BCUT2D eigenvalue weighted by Gasteiger charge is 2.63. The van der Waals surface area contributed by atoms with Crippen LogP contribution in [-0.2, 0) is 6.18 Å². The lowest BCUT2D eigenvalue weighted by Gasteiger charge is -2.22. The number of halogens is 6. The number of hydrogen-bond acceptors (Lipinski definition) is 1. The summed E-state index contributed by atoms with van der Waals surface area (Å²) in [7, 11) is 0. The third kappa shape index (κ3) is 2.91. The fraction of sp³-hybridized carbons (Fsp3) is 0.538. The van der Waals surface area contributed by atoms with E-state index in [4.69, 9.17) is 0 Å². The molecule has 1 fully saturated rings. The quantitative estimate of drug-likeness (QED) is 0.732. The predicted octanol–water partition coefficient (Wildman–Crippen LogP) is 4.78. The van der Waals surface area contributed by atoms with Gasteiger partial charge in [-0.2, -0.15) is 26.3 Å². The molecule has 1 aliphatic rings. The number of aromatic nitrogens is 1. The van der Waals surface area contributed by atoms with Crippen LogP contribution in [0.5, 0.6) is 0 Å². The highest BCUT2D eigenvalue weighted by atomic mass is 19.4. The third-order valence-electron chi connectivity index (χ3n) is 3.61. The first kappa shape index (κ1) is 15.1. The zero-order chi connectivity index (χ0) is 15.2. The van der Waals surface area contributed by atoms with Crippen LogP contribution in [0.2, 0.25) is 0 Å². The van der Waals surface area contributed by atoms with E-state index in [-0.39, 0.29) is 19.3 Å². The summed E-state index contributed by atoms with van der Waals surface area (Å²) in [4.78, 5) is 3.26. The van der Waals surface area contributed by atoms with Crippen LogP contribution in [0.3, 0.4) is 0 Å². The molecule has 1 radical (unpaired) electrons. The van der Waals surface area contributed by atoms with Gasteiger partial charge in [-0.1, -0.05) is 13.0 Å². The van der Waals surface area contributed by atoms with Gasteiger partial charge >= 0.3 is 12.4 Å². The van der Waals surface area contributed by atoms with E-state index in [9.17, 15) is 26.3 Å². The Labute approximate surface area is 112 Å². The first-order valence-corrected chi connectivity index (χ1v) is 5.98. The Morgan fingerprint density at radius 3 is 2.10 bits per heavy atom. The molecule has 1 aromatic rings. The Morgan fingerprint density at radius 2 is 1.75 bits per heavy atom. The molecule has 0 amide bonds. The monoisotopic (exact) mass is 296 g/mol. The molecule has 0 aromatic carbocycles. The molecule has 7 heteroatoms. The van der Waals surface area contributed by atoms with Crippen molar-refractivity contribution in [3.05, 3.63) is 35.5 Å². The molecule has 0 spiro atoms. The second-order valence-electron chi connectivity index (χ2n) is 5.17. The van der Waals surface area contributed by atoms with Gasteiger partial charge in [0.25, 0.3) is 0 Å². The van der Waals surface area contributed by atoms with Gasteiger partial charge in [0, 0.05) is 12.1 Å². The lowest BCUT2D eigenvalue weighted by Crippen LogP contribution is -2.26. The summed E-state index contributed by atoms with van der Waals surface area (Å²) in [5.74, 6) is 0.404. The predicted molar refractivity (Wildman–Crippen MR) is 59.6 cm³/mol. The van der Waals surface area contributed by atoms with Crippen LogP contribution in [0.4, 0.5) is 26.3 Å². The van der Waals surface area contributed by atoms with Crippen LogP contribution in [0, 0.1) is 11.3 Å². The van der Waals surface area contributed by atoms with E-state index in [1.54, 1.807) is 0 Å². The zero-order valence-electron chi connectivity index (χ0n) is 10.6. The third-order valence-corrected chi connectivity index (χ3v) is 3.61. The molecule has 1 heterocycles. The molecular weight excluding hydrogens is 284 g/mol. The van der Waals surface area contributed by atoms with E-state index < -0.39 is 23.5 Å². The largest absolute Gasteiger partial charge is 0.433 e. The summed E-state index contributed by atoms with van der Waals surface area (Å²) in [5.41, 5.74) is -2.43. The van der Waals surface area contributed by atoms with Crippen molar-refractivity contribution in [2.24, 2.45) is 5.41 Å². The second-order valence-corrected chi connectivity index (χ2v) is 5.17. The van der Waals surface area contributed by atoms with Gasteiger partial charge < -0.3 is 0 Å². The molecule has 1 nitrogen and oxygen atoms in total. The van der Waals surface area contributed by atoms with Gasteiger partial charge in [0.1, 0.15) is 5.69 Å². The van der Waals surface area contributed by atoms with Gasteiger partial charge in [0.2, 0.25) is 0 Å². The molecule has 0 atom stereocenters. The molecule has 20 heavy (non-hydrogen) atoms. The van der Waals surface area contributed by atoms with Crippen LogP contribution in [-0.4, -0.2) is 11.2 Å². The summed E-state index contributed by atoms with van der Waals surface area (Å²) < 4.78 is 75.5. The van der Waals surface area contributed by atoms with Crippen molar-refractivity contribution in [2.75, 3.05) is 0 Å². The summed E-state index contributed by atoms with van der Waals surface area (Å²) in [6.45, 7) is 1.50. The first-order valence-electron chi connectivity index (χ1n) is 5.98. The smallest absolute Gasteiger partial charge is 0.251 e. The van der Waals surface area contributed by atoms with Crippen molar-refractivity contribution >= 4 is 0 Å². The van der Waals surface area contributed by atoms with Crippen molar-refractivity contribution in [2.45, 2.75) is 38.5 Å². The number of pyridine rings is 1. The molecule has 111 valence electrons. The van der Waals surface area contributed by atoms with Crippen molar-refractivity contribution in [1.29, 1.82) is 0 Å². The van der Waals surface area contributed by atoms with Crippen LogP contribution < -0.4 is 0 Å². The number of hydrogen-bond donors (Lipinski definition) is 0. The second kappa shape index (κ2) is 4.63. The van der Waals surface area contributed by atoms with E-state index in [1.165, 1.54) is 6.92 Å². The zero-order valence-corrected chi connectivity index (χ0v) is 10.6. The average Bonchev–Trinajstić information content (AvgIpc) is 3.08. The maximum atomic E-state index is 12.8. The normalized spacial score (nSPS) is 18.4. The van der Waals surface area contributed by atoms with Crippen LogP contribution in [0.25, 0.3) is 0 Å². The van der Waals surface area contributed by atoms with Crippen molar-refractivity contribution in [3.8, 4) is 0 Å². The van der Waals surface area contributed by atoms with Crippen molar-refractivity contribution in [1.82, 2.24) is 4.98 Å². The topological polar surface area (TPSA) is 12.9 Å². The molecule has 0 aliphatic heterocycles. The standard InChI is InChI=1S/C13H12F6N/c1-8(6-11(4-5-11)13(17,18)19)9-2-3-10(20-7-9)12(14,15)16/h2-3,7H,4-6H2,1H3. The van der Waals surface area contributed by atoms with Crippen LogP contribution >= 0.6 is 0 Å². The Morgan fingerprint density at radius 1 is 1.15 bits per heavy atom. The minimum atomic E-state index is -4.55. The molecular formula is C13H12F6N. The summed E-state index contributed by atoms with van der Waals surface area (Å²) in [6, 6.07) is 1.95. The molecule has 1 aliphatic carbocycles. The van der Waals surface area contributed by atoms with E-state index in [0.717, 1.165) is 18.3 Å². The average molecular weight is 296 g/mol. The van der Waals surface area contributed by atoms with E-state index in [2.05, 4.69) is 4.98 Å². The van der Waals surface area contributed by atoms with Gasteiger partial charge in [-0.3, -0.25) is 4.98 Å². The SMILES string of the molecule is C[C](CC1(C(F)(F)F)CC1)c1ccc(C(F)(F)F)nc1. The molecule has 0 saturated heterocycles. The fourth-order valence-corrected chi connectivity index (χ4v) is 2.14. The number of nitrogens with zero attached hydrogens (tertiary/aromatic N) is 1.